The van der Waals surface area contributed by atoms with Crippen LogP contribution in [0.3, 0.4) is 0 Å². The van der Waals surface area contributed by atoms with E-state index in [2.05, 4.69) is 12.2 Å². The number of rotatable bonds is 4. The fraction of sp³-hybridized carbons (Fsp3) is 0.545. The Kier molecular flexibility index (Phi) is 2.77. The average Bonchev–Trinajstić information content (AvgIpc) is 2.81. The number of carbonyl (C=O) groups is 1. The highest BCUT2D eigenvalue weighted by molar-refractivity contribution is 5.91. The van der Waals surface area contributed by atoms with Crippen molar-refractivity contribution in [2.24, 2.45) is 11.7 Å². The Morgan fingerprint density at radius 1 is 1.67 bits per heavy atom. The summed E-state index contributed by atoms with van der Waals surface area (Å²) in [7, 11) is 0. The van der Waals surface area contributed by atoms with Crippen LogP contribution in [0.4, 0.5) is 0 Å². The van der Waals surface area contributed by atoms with Crippen LogP contribution in [0, 0.1) is 5.92 Å². The minimum atomic E-state index is -0.129. The van der Waals surface area contributed by atoms with E-state index in [-0.39, 0.29) is 5.91 Å². The molecule has 1 aromatic rings. The van der Waals surface area contributed by atoms with E-state index in [0.29, 0.717) is 30.0 Å². The topological polar surface area (TPSA) is 68.3 Å². The number of furan rings is 1. The van der Waals surface area contributed by atoms with E-state index < -0.39 is 0 Å². The van der Waals surface area contributed by atoms with Crippen LogP contribution in [0.5, 0.6) is 0 Å². The van der Waals surface area contributed by atoms with E-state index in [9.17, 15) is 4.79 Å². The van der Waals surface area contributed by atoms with Gasteiger partial charge in [0.25, 0.3) is 5.91 Å². The Morgan fingerprint density at radius 3 is 3.00 bits per heavy atom. The Hall–Kier alpha value is -1.29. The Labute approximate surface area is 88.8 Å². The fourth-order valence-corrected chi connectivity index (χ4v) is 1.72. The molecule has 1 fully saturated rings. The molecule has 0 bridgehead atoms. The summed E-state index contributed by atoms with van der Waals surface area (Å²) in [5.41, 5.74) is 5.40. The number of carbonyl (C=O) groups excluding carboxylic acids is 1. The first-order chi connectivity index (χ1) is 7.24. The largest absolute Gasteiger partial charge is 0.455 e. The highest BCUT2D eigenvalue weighted by Gasteiger charge is 2.36. The van der Waals surface area contributed by atoms with Gasteiger partial charge in [0, 0.05) is 6.04 Å². The molecule has 0 aromatic carbocycles. The van der Waals surface area contributed by atoms with Gasteiger partial charge in [-0.3, -0.25) is 4.79 Å². The normalized spacial score (nSPS) is 23.9. The highest BCUT2D eigenvalue weighted by Crippen LogP contribution is 2.33. The lowest BCUT2D eigenvalue weighted by Crippen LogP contribution is -2.26. The van der Waals surface area contributed by atoms with E-state index in [0.717, 1.165) is 12.8 Å². The van der Waals surface area contributed by atoms with Crippen LogP contribution in [0.1, 0.15) is 36.1 Å². The molecule has 0 radical (unpaired) electrons. The number of hydrogen-bond donors (Lipinski definition) is 2. The second kappa shape index (κ2) is 4.06. The Morgan fingerprint density at radius 2 is 2.47 bits per heavy atom. The summed E-state index contributed by atoms with van der Waals surface area (Å²) in [6, 6.07) is 3.74. The van der Waals surface area contributed by atoms with Gasteiger partial charge in [0.2, 0.25) is 0 Å². The monoisotopic (exact) mass is 208 g/mol. The van der Waals surface area contributed by atoms with Crippen molar-refractivity contribution in [3.05, 3.63) is 23.7 Å². The van der Waals surface area contributed by atoms with Crippen LogP contribution < -0.4 is 11.1 Å². The van der Waals surface area contributed by atoms with Crippen LogP contribution in [0.25, 0.3) is 0 Å². The van der Waals surface area contributed by atoms with Crippen LogP contribution in [0.15, 0.2) is 16.5 Å². The lowest BCUT2D eigenvalue weighted by Gasteiger charge is -2.00. The molecule has 1 aliphatic rings. The lowest BCUT2D eigenvalue weighted by atomic mass is 10.3. The molecule has 2 rings (SSSR count). The van der Waals surface area contributed by atoms with Gasteiger partial charge in [0.15, 0.2) is 5.76 Å². The van der Waals surface area contributed by atoms with Gasteiger partial charge >= 0.3 is 0 Å². The molecule has 15 heavy (non-hydrogen) atoms. The van der Waals surface area contributed by atoms with Crippen LogP contribution >= 0.6 is 0 Å². The Bertz CT molecular complexity index is 359. The summed E-state index contributed by atoms with van der Waals surface area (Å²) in [5.74, 6) is 1.52. The van der Waals surface area contributed by atoms with Gasteiger partial charge < -0.3 is 15.5 Å². The first-order valence-electron chi connectivity index (χ1n) is 5.34. The molecule has 1 heterocycles. The standard InChI is InChI=1S/C11H16N2O2/c1-2-7-5-9(7)13-11(14)10-4-3-8(6-12)15-10/h3-4,7,9H,2,5-6,12H2,1H3,(H,13,14). The van der Waals surface area contributed by atoms with Gasteiger partial charge in [-0.1, -0.05) is 13.3 Å². The second-order valence-corrected chi connectivity index (χ2v) is 3.95. The molecule has 1 saturated carbocycles. The van der Waals surface area contributed by atoms with E-state index in [1.54, 1.807) is 12.1 Å². The van der Waals surface area contributed by atoms with Gasteiger partial charge in [0.05, 0.1) is 6.54 Å². The summed E-state index contributed by atoms with van der Waals surface area (Å²) < 4.78 is 5.26. The summed E-state index contributed by atoms with van der Waals surface area (Å²) in [6.07, 6.45) is 2.21. The maximum atomic E-state index is 11.6. The molecule has 2 atom stereocenters. The quantitative estimate of drug-likeness (QED) is 0.782. The van der Waals surface area contributed by atoms with Gasteiger partial charge in [-0.25, -0.2) is 0 Å². The molecule has 3 N–H and O–H groups in total. The molecule has 0 spiro atoms. The van der Waals surface area contributed by atoms with Crippen molar-refractivity contribution >= 4 is 5.91 Å². The zero-order valence-electron chi connectivity index (χ0n) is 8.82. The first kappa shape index (κ1) is 10.2. The SMILES string of the molecule is CCC1CC1NC(=O)c1ccc(CN)o1. The summed E-state index contributed by atoms with van der Waals surface area (Å²) in [6.45, 7) is 2.46. The fourth-order valence-electron chi connectivity index (χ4n) is 1.72. The zero-order chi connectivity index (χ0) is 10.8. The van der Waals surface area contributed by atoms with E-state index >= 15 is 0 Å². The molecule has 0 aliphatic heterocycles. The molecule has 1 aliphatic carbocycles. The highest BCUT2D eigenvalue weighted by atomic mass is 16.4. The molecule has 1 amide bonds. The predicted octanol–water partition coefficient (Wildman–Crippen LogP) is 1.27. The molecule has 0 saturated heterocycles. The summed E-state index contributed by atoms with van der Waals surface area (Å²) in [4.78, 5) is 11.6. The number of hydrogen-bond acceptors (Lipinski definition) is 3. The van der Waals surface area contributed by atoms with E-state index in [4.69, 9.17) is 10.2 Å². The van der Waals surface area contributed by atoms with Gasteiger partial charge in [-0.05, 0) is 24.5 Å². The Balaban J connectivity index is 1.91. The van der Waals surface area contributed by atoms with Crippen molar-refractivity contribution in [3.8, 4) is 0 Å². The van der Waals surface area contributed by atoms with Crippen molar-refractivity contribution in [1.29, 1.82) is 0 Å². The third-order valence-electron chi connectivity index (χ3n) is 2.85. The number of nitrogens with two attached hydrogens (primary N) is 1. The smallest absolute Gasteiger partial charge is 0.287 e. The number of amides is 1. The predicted molar refractivity (Wildman–Crippen MR) is 56.3 cm³/mol. The summed E-state index contributed by atoms with van der Waals surface area (Å²) in [5, 5.41) is 2.94. The zero-order valence-corrected chi connectivity index (χ0v) is 8.82. The first-order valence-corrected chi connectivity index (χ1v) is 5.34. The van der Waals surface area contributed by atoms with Crippen molar-refractivity contribution in [2.45, 2.75) is 32.4 Å². The minimum absolute atomic E-state index is 0.129. The van der Waals surface area contributed by atoms with E-state index in [1.807, 2.05) is 0 Å². The third-order valence-corrected chi connectivity index (χ3v) is 2.85. The van der Waals surface area contributed by atoms with Crippen LogP contribution in [-0.4, -0.2) is 11.9 Å². The van der Waals surface area contributed by atoms with Crippen molar-refractivity contribution < 1.29 is 9.21 Å². The molecule has 82 valence electrons. The van der Waals surface area contributed by atoms with E-state index in [1.165, 1.54) is 0 Å². The van der Waals surface area contributed by atoms with Crippen molar-refractivity contribution in [3.63, 3.8) is 0 Å². The average molecular weight is 208 g/mol. The van der Waals surface area contributed by atoms with Crippen molar-refractivity contribution in [2.75, 3.05) is 0 Å². The van der Waals surface area contributed by atoms with Gasteiger partial charge in [0.1, 0.15) is 5.76 Å². The lowest BCUT2D eigenvalue weighted by molar-refractivity contribution is 0.0919. The maximum Gasteiger partial charge on any atom is 0.287 e. The molecule has 4 nitrogen and oxygen atoms in total. The second-order valence-electron chi connectivity index (χ2n) is 3.95. The van der Waals surface area contributed by atoms with Gasteiger partial charge in [-0.2, -0.15) is 0 Å². The van der Waals surface area contributed by atoms with Gasteiger partial charge in [-0.15, -0.1) is 0 Å². The minimum Gasteiger partial charge on any atom is -0.455 e. The summed E-state index contributed by atoms with van der Waals surface area (Å²) >= 11 is 0. The molecular weight excluding hydrogens is 192 g/mol. The van der Waals surface area contributed by atoms with Crippen molar-refractivity contribution in [1.82, 2.24) is 5.32 Å². The maximum absolute atomic E-state index is 11.6. The number of nitrogens with one attached hydrogen (secondary N) is 1. The molecule has 4 heteroatoms. The molecule has 2 unspecified atom stereocenters. The molecule has 1 aromatic heterocycles. The van der Waals surface area contributed by atoms with Crippen LogP contribution in [-0.2, 0) is 6.54 Å². The third kappa shape index (κ3) is 2.21. The van der Waals surface area contributed by atoms with Crippen LogP contribution in [0.2, 0.25) is 0 Å². The molecular formula is C11H16N2O2.